The van der Waals surface area contributed by atoms with Gasteiger partial charge in [-0.05, 0) is 71.3 Å². The van der Waals surface area contributed by atoms with Crippen LogP contribution in [0.25, 0.3) is 11.0 Å². The molecule has 0 spiro atoms. The van der Waals surface area contributed by atoms with Crippen molar-refractivity contribution in [1.29, 1.82) is 0 Å². The maximum Gasteiger partial charge on any atom is 0.321 e. The standard InChI is InChI=1S/C19H17BrCl2N4OS/c20-13-2-1-3-16-17(13)24-19(28)26(16)12-6-8-25(9-7-12)18(27)23-11-4-5-14(21)15(22)10-11/h1-5,10,12H,6-9H2,(H,23,27)(H,24,28). The lowest BCUT2D eigenvalue weighted by Crippen LogP contribution is -2.41. The lowest BCUT2D eigenvalue weighted by Gasteiger charge is -2.33. The number of benzene rings is 2. The SMILES string of the molecule is O=C(Nc1ccc(Cl)c(Cl)c1)N1CCC(n2c(=S)[nH]c3c(Br)cccc32)CC1. The fraction of sp³-hybridized carbons (Fsp3) is 0.263. The summed E-state index contributed by atoms with van der Waals surface area (Å²) in [6.45, 7) is 1.31. The molecule has 3 aromatic rings. The van der Waals surface area contributed by atoms with Crippen molar-refractivity contribution in [3.8, 4) is 0 Å². The van der Waals surface area contributed by atoms with Crippen molar-refractivity contribution in [2.24, 2.45) is 0 Å². The molecule has 1 saturated heterocycles. The third kappa shape index (κ3) is 3.81. The Kier molecular flexibility index (Phi) is 5.69. The molecule has 0 aliphatic carbocycles. The summed E-state index contributed by atoms with van der Waals surface area (Å²) in [6, 6.07) is 11.2. The van der Waals surface area contributed by atoms with Gasteiger partial charge in [-0.3, -0.25) is 0 Å². The van der Waals surface area contributed by atoms with Gasteiger partial charge >= 0.3 is 6.03 Å². The minimum absolute atomic E-state index is 0.137. The van der Waals surface area contributed by atoms with Gasteiger partial charge in [0.25, 0.3) is 0 Å². The van der Waals surface area contributed by atoms with E-state index in [1.165, 1.54) is 0 Å². The Morgan fingerprint density at radius 1 is 1.18 bits per heavy atom. The Morgan fingerprint density at radius 3 is 2.64 bits per heavy atom. The summed E-state index contributed by atoms with van der Waals surface area (Å²) in [5, 5.41) is 3.76. The van der Waals surface area contributed by atoms with Gasteiger partial charge in [-0.15, -0.1) is 0 Å². The molecule has 0 unspecified atom stereocenters. The normalized spacial score (nSPS) is 15.2. The molecular weight excluding hydrogens is 483 g/mol. The first-order chi connectivity index (χ1) is 13.4. The van der Waals surface area contributed by atoms with Crippen LogP contribution in [0.5, 0.6) is 0 Å². The lowest BCUT2D eigenvalue weighted by molar-refractivity contribution is 0.184. The summed E-state index contributed by atoms with van der Waals surface area (Å²) in [4.78, 5) is 17.7. The van der Waals surface area contributed by atoms with Crippen LogP contribution in [-0.4, -0.2) is 33.6 Å². The highest BCUT2D eigenvalue weighted by Gasteiger charge is 2.25. The number of aromatic nitrogens is 2. The number of nitrogens with zero attached hydrogens (tertiary/aromatic N) is 2. The van der Waals surface area contributed by atoms with Gasteiger partial charge in [0, 0.05) is 29.3 Å². The predicted molar refractivity (Wildman–Crippen MR) is 120 cm³/mol. The largest absolute Gasteiger partial charge is 0.330 e. The van der Waals surface area contributed by atoms with Gasteiger partial charge in [-0.1, -0.05) is 29.3 Å². The predicted octanol–water partition coefficient (Wildman–Crippen LogP) is 6.64. The Morgan fingerprint density at radius 2 is 1.93 bits per heavy atom. The molecule has 2 aromatic carbocycles. The van der Waals surface area contributed by atoms with Crippen LogP contribution < -0.4 is 5.32 Å². The number of hydrogen-bond acceptors (Lipinski definition) is 2. The van der Waals surface area contributed by atoms with Crippen molar-refractivity contribution in [3.05, 3.63) is 55.7 Å². The number of fused-ring (bicyclic) bond motifs is 1. The number of amides is 2. The van der Waals surface area contributed by atoms with E-state index < -0.39 is 0 Å². The zero-order valence-corrected chi connectivity index (χ0v) is 18.6. The fourth-order valence-electron chi connectivity index (χ4n) is 3.58. The van der Waals surface area contributed by atoms with Gasteiger partial charge in [-0.25, -0.2) is 4.79 Å². The summed E-state index contributed by atoms with van der Waals surface area (Å²) < 4.78 is 3.87. The molecule has 9 heteroatoms. The van der Waals surface area contributed by atoms with Crippen molar-refractivity contribution < 1.29 is 4.79 Å². The minimum atomic E-state index is -0.137. The first-order valence-corrected chi connectivity index (χ1v) is 10.8. The quantitative estimate of drug-likeness (QED) is 0.388. The third-order valence-corrected chi connectivity index (χ3v) is 6.69. The molecule has 0 saturated carbocycles. The van der Waals surface area contributed by atoms with E-state index in [1.807, 2.05) is 17.0 Å². The van der Waals surface area contributed by atoms with Crippen LogP contribution in [0.3, 0.4) is 0 Å². The van der Waals surface area contributed by atoms with E-state index in [-0.39, 0.29) is 12.1 Å². The average molecular weight is 500 g/mol. The summed E-state index contributed by atoms with van der Waals surface area (Å²) in [5.41, 5.74) is 2.72. The number of nitrogens with one attached hydrogen (secondary N) is 2. The number of piperidine rings is 1. The highest BCUT2D eigenvalue weighted by Crippen LogP contribution is 2.31. The van der Waals surface area contributed by atoms with Crippen molar-refractivity contribution in [3.63, 3.8) is 0 Å². The van der Waals surface area contributed by atoms with Gasteiger partial charge in [0.1, 0.15) is 0 Å². The monoisotopic (exact) mass is 498 g/mol. The first-order valence-electron chi connectivity index (χ1n) is 8.84. The number of halogens is 3. The molecule has 1 aromatic heterocycles. The molecule has 0 atom stereocenters. The maximum atomic E-state index is 12.6. The molecule has 5 nitrogen and oxygen atoms in total. The molecule has 4 rings (SSSR count). The second kappa shape index (κ2) is 8.06. The molecular formula is C19H17BrCl2N4OS. The van der Waals surface area contributed by atoms with Gasteiger partial charge in [0.15, 0.2) is 4.77 Å². The van der Waals surface area contributed by atoms with Crippen molar-refractivity contribution in [2.45, 2.75) is 18.9 Å². The zero-order chi connectivity index (χ0) is 19.8. The Bertz CT molecular complexity index is 1100. The topological polar surface area (TPSA) is 53.1 Å². The summed E-state index contributed by atoms with van der Waals surface area (Å²) in [5.74, 6) is 0. The molecule has 28 heavy (non-hydrogen) atoms. The highest BCUT2D eigenvalue weighted by atomic mass is 79.9. The number of carbonyl (C=O) groups excluding carboxylic acids is 1. The number of rotatable bonds is 2. The van der Waals surface area contributed by atoms with Crippen LogP contribution in [0.15, 0.2) is 40.9 Å². The van der Waals surface area contributed by atoms with E-state index >= 15 is 0 Å². The minimum Gasteiger partial charge on any atom is -0.330 e. The average Bonchev–Trinajstić information content (AvgIpc) is 3.02. The van der Waals surface area contributed by atoms with Crippen LogP contribution >= 0.6 is 51.3 Å². The van der Waals surface area contributed by atoms with Crippen LogP contribution in [0.2, 0.25) is 10.0 Å². The van der Waals surface area contributed by atoms with Gasteiger partial charge in [0.05, 0.1) is 21.1 Å². The number of H-pyrrole nitrogens is 1. The van der Waals surface area contributed by atoms with E-state index in [0.29, 0.717) is 33.6 Å². The number of imidazole rings is 1. The number of para-hydroxylation sites is 1. The second-order valence-corrected chi connectivity index (χ2v) is 8.77. The number of aromatic amines is 1. The van der Waals surface area contributed by atoms with Crippen LogP contribution in [0, 0.1) is 4.77 Å². The highest BCUT2D eigenvalue weighted by molar-refractivity contribution is 9.10. The Hall–Kier alpha value is -1.54. The summed E-state index contributed by atoms with van der Waals surface area (Å²) in [7, 11) is 0. The lowest BCUT2D eigenvalue weighted by atomic mass is 10.0. The number of hydrogen-bond donors (Lipinski definition) is 2. The molecule has 2 heterocycles. The smallest absolute Gasteiger partial charge is 0.321 e. The molecule has 2 N–H and O–H groups in total. The second-order valence-electron chi connectivity index (χ2n) is 6.71. The van der Waals surface area contributed by atoms with Gasteiger partial charge < -0.3 is 19.8 Å². The maximum absolute atomic E-state index is 12.6. The number of likely N-dealkylation sites (tertiary alicyclic amines) is 1. The van der Waals surface area contributed by atoms with E-state index in [9.17, 15) is 4.79 Å². The number of urea groups is 1. The van der Waals surface area contributed by atoms with Gasteiger partial charge in [0.2, 0.25) is 0 Å². The Balaban J connectivity index is 1.45. The third-order valence-electron chi connectivity index (χ3n) is 4.99. The summed E-state index contributed by atoms with van der Waals surface area (Å²) >= 11 is 21.1. The molecule has 0 radical (unpaired) electrons. The number of carbonyl (C=O) groups is 1. The number of anilines is 1. The first kappa shape index (κ1) is 19.8. The van der Waals surface area contributed by atoms with Gasteiger partial charge in [-0.2, -0.15) is 0 Å². The van der Waals surface area contributed by atoms with E-state index in [1.54, 1.807) is 18.2 Å². The molecule has 1 aliphatic rings. The van der Waals surface area contributed by atoms with E-state index in [0.717, 1.165) is 28.3 Å². The Labute approximate surface area is 185 Å². The fourth-order valence-corrected chi connectivity index (χ4v) is 4.68. The van der Waals surface area contributed by atoms with E-state index in [4.69, 9.17) is 35.4 Å². The van der Waals surface area contributed by atoms with Crippen LogP contribution in [-0.2, 0) is 0 Å². The van der Waals surface area contributed by atoms with Crippen molar-refractivity contribution in [1.82, 2.24) is 14.5 Å². The molecule has 1 aliphatic heterocycles. The molecule has 146 valence electrons. The van der Waals surface area contributed by atoms with Crippen LogP contribution in [0.1, 0.15) is 18.9 Å². The van der Waals surface area contributed by atoms with Crippen LogP contribution in [0.4, 0.5) is 10.5 Å². The zero-order valence-electron chi connectivity index (χ0n) is 14.7. The van der Waals surface area contributed by atoms with E-state index in [2.05, 4.69) is 36.9 Å². The van der Waals surface area contributed by atoms with Crippen molar-refractivity contribution in [2.75, 3.05) is 18.4 Å². The molecule has 2 amide bonds. The van der Waals surface area contributed by atoms with Crippen molar-refractivity contribution >= 4 is 74.1 Å². The summed E-state index contributed by atoms with van der Waals surface area (Å²) in [6.07, 6.45) is 1.67. The molecule has 0 bridgehead atoms. The molecule has 1 fully saturated rings.